The summed E-state index contributed by atoms with van der Waals surface area (Å²) < 4.78 is 12.5. The van der Waals surface area contributed by atoms with Gasteiger partial charge in [-0.3, -0.25) is 4.79 Å². The number of benzene rings is 2. The van der Waals surface area contributed by atoms with Crippen LogP contribution in [0.5, 0.6) is 11.5 Å². The standard InChI is InChI=1S/C22H22N2O3S/c25-22(10-9-21-23-16-4-1-2-6-20(16)28-21)24-11-3-5-17(24)15-7-8-18-19(14-15)27-13-12-26-18/h1-2,4,6-8,14,17H,3,5,9-13H2/t17-/m1/s1. The number of hydrogen-bond acceptors (Lipinski definition) is 5. The molecule has 3 heterocycles. The van der Waals surface area contributed by atoms with E-state index in [-0.39, 0.29) is 11.9 Å². The molecule has 1 aromatic heterocycles. The van der Waals surface area contributed by atoms with E-state index in [9.17, 15) is 4.79 Å². The molecule has 5 rings (SSSR count). The first kappa shape index (κ1) is 17.5. The number of carbonyl (C=O) groups is 1. The van der Waals surface area contributed by atoms with Crippen molar-refractivity contribution in [1.82, 2.24) is 9.88 Å². The molecule has 0 spiro atoms. The predicted molar refractivity (Wildman–Crippen MR) is 109 cm³/mol. The van der Waals surface area contributed by atoms with E-state index in [1.165, 1.54) is 4.70 Å². The van der Waals surface area contributed by atoms with Crippen molar-refractivity contribution in [1.29, 1.82) is 0 Å². The van der Waals surface area contributed by atoms with Crippen LogP contribution in [0.15, 0.2) is 42.5 Å². The summed E-state index contributed by atoms with van der Waals surface area (Å²) in [7, 11) is 0. The fourth-order valence-electron chi connectivity index (χ4n) is 4.06. The molecule has 1 amide bonds. The highest BCUT2D eigenvalue weighted by atomic mass is 32.1. The van der Waals surface area contributed by atoms with Gasteiger partial charge in [0.1, 0.15) is 13.2 Å². The molecule has 1 fully saturated rings. The summed E-state index contributed by atoms with van der Waals surface area (Å²) in [5.41, 5.74) is 2.15. The van der Waals surface area contributed by atoms with Crippen LogP contribution < -0.4 is 9.47 Å². The Morgan fingerprint density at radius 1 is 1.14 bits per heavy atom. The Morgan fingerprint density at radius 2 is 2.00 bits per heavy atom. The predicted octanol–water partition coefficient (Wildman–Crippen LogP) is 4.36. The molecule has 0 bridgehead atoms. The van der Waals surface area contributed by atoms with Crippen LogP contribution in [0.25, 0.3) is 10.2 Å². The van der Waals surface area contributed by atoms with Crippen LogP contribution in [0.1, 0.15) is 35.9 Å². The van der Waals surface area contributed by atoms with Gasteiger partial charge in [0.05, 0.1) is 21.3 Å². The van der Waals surface area contributed by atoms with Crippen molar-refractivity contribution < 1.29 is 14.3 Å². The topological polar surface area (TPSA) is 51.7 Å². The number of aryl methyl sites for hydroxylation is 1. The minimum absolute atomic E-state index is 0.124. The molecule has 0 unspecified atom stereocenters. The van der Waals surface area contributed by atoms with Crippen LogP contribution in [0.3, 0.4) is 0 Å². The second-order valence-corrected chi connectivity index (χ2v) is 8.34. The van der Waals surface area contributed by atoms with E-state index in [1.54, 1.807) is 11.3 Å². The van der Waals surface area contributed by atoms with Crippen LogP contribution in [-0.4, -0.2) is 35.5 Å². The first-order valence-corrected chi connectivity index (χ1v) is 10.6. The van der Waals surface area contributed by atoms with Gasteiger partial charge in [-0.1, -0.05) is 18.2 Å². The van der Waals surface area contributed by atoms with Crippen LogP contribution in [0.4, 0.5) is 0 Å². The number of ether oxygens (including phenoxy) is 2. The van der Waals surface area contributed by atoms with E-state index in [2.05, 4.69) is 17.1 Å². The molecular weight excluding hydrogens is 372 g/mol. The number of hydrogen-bond donors (Lipinski definition) is 0. The maximum atomic E-state index is 13.0. The van der Waals surface area contributed by atoms with E-state index in [0.29, 0.717) is 26.1 Å². The maximum absolute atomic E-state index is 13.0. The SMILES string of the molecule is O=C(CCc1nc2ccccc2s1)N1CCC[C@@H]1c1ccc2c(c1)OCCO2. The number of nitrogens with zero attached hydrogens (tertiary/aromatic N) is 2. The summed E-state index contributed by atoms with van der Waals surface area (Å²) in [4.78, 5) is 19.6. The number of likely N-dealkylation sites (tertiary alicyclic amines) is 1. The molecule has 5 nitrogen and oxygen atoms in total. The van der Waals surface area contributed by atoms with Gasteiger partial charge in [-0.2, -0.15) is 0 Å². The number of rotatable bonds is 4. The van der Waals surface area contributed by atoms with Crippen molar-refractivity contribution in [3.05, 3.63) is 53.0 Å². The number of aromatic nitrogens is 1. The fraction of sp³-hybridized carbons (Fsp3) is 0.364. The third-order valence-electron chi connectivity index (χ3n) is 5.42. The largest absolute Gasteiger partial charge is 0.486 e. The molecule has 28 heavy (non-hydrogen) atoms. The molecule has 3 aromatic rings. The molecule has 1 atom stereocenters. The Labute approximate surface area is 167 Å². The highest BCUT2D eigenvalue weighted by Crippen LogP contribution is 2.38. The van der Waals surface area contributed by atoms with Gasteiger partial charge >= 0.3 is 0 Å². The number of fused-ring (bicyclic) bond motifs is 2. The molecule has 2 aliphatic heterocycles. The Kier molecular flexibility index (Phi) is 4.64. The van der Waals surface area contributed by atoms with E-state index >= 15 is 0 Å². The minimum Gasteiger partial charge on any atom is -0.486 e. The lowest BCUT2D eigenvalue weighted by Gasteiger charge is -2.26. The Bertz CT molecular complexity index is 983. The first-order chi connectivity index (χ1) is 13.8. The molecule has 0 saturated carbocycles. The van der Waals surface area contributed by atoms with Crippen LogP contribution in [0.2, 0.25) is 0 Å². The van der Waals surface area contributed by atoms with Crippen molar-refractivity contribution in [3.63, 3.8) is 0 Å². The van der Waals surface area contributed by atoms with Crippen LogP contribution >= 0.6 is 11.3 Å². The summed E-state index contributed by atoms with van der Waals surface area (Å²) in [6.07, 6.45) is 3.22. The minimum atomic E-state index is 0.124. The number of amides is 1. The monoisotopic (exact) mass is 394 g/mol. The Morgan fingerprint density at radius 3 is 2.89 bits per heavy atom. The number of thiazole rings is 1. The van der Waals surface area contributed by atoms with Crippen molar-refractivity contribution in [2.24, 2.45) is 0 Å². The lowest BCUT2D eigenvalue weighted by Crippen LogP contribution is -2.30. The first-order valence-electron chi connectivity index (χ1n) is 9.81. The third kappa shape index (κ3) is 3.33. The summed E-state index contributed by atoms with van der Waals surface area (Å²) in [6.45, 7) is 1.98. The highest BCUT2D eigenvalue weighted by molar-refractivity contribution is 7.18. The van der Waals surface area contributed by atoms with Gasteiger partial charge in [-0.05, 0) is 42.7 Å². The van der Waals surface area contributed by atoms with E-state index < -0.39 is 0 Å². The van der Waals surface area contributed by atoms with E-state index in [0.717, 1.165) is 47.0 Å². The summed E-state index contributed by atoms with van der Waals surface area (Å²) in [5.74, 6) is 1.79. The molecule has 2 aliphatic rings. The molecule has 0 N–H and O–H groups in total. The van der Waals surface area contributed by atoms with Gasteiger partial charge in [-0.25, -0.2) is 4.98 Å². The quantitative estimate of drug-likeness (QED) is 0.660. The van der Waals surface area contributed by atoms with E-state index in [1.807, 2.05) is 35.2 Å². The zero-order valence-corrected chi connectivity index (χ0v) is 16.4. The molecule has 2 aromatic carbocycles. The molecule has 1 saturated heterocycles. The van der Waals surface area contributed by atoms with Crippen molar-refractivity contribution >= 4 is 27.5 Å². The molecule has 144 valence electrons. The fourth-order valence-corrected chi connectivity index (χ4v) is 5.03. The summed E-state index contributed by atoms with van der Waals surface area (Å²) >= 11 is 1.68. The van der Waals surface area contributed by atoms with Crippen molar-refractivity contribution in [3.8, 4) is 11.5 Å². The van der Waals surface area contributed by atoms with Gasteiger partial charge in [0, 0.05) is 19.4 Å². The van der Waals surface area contributed by atoms with Crippen LogP contribution in [0, 0.1) is 0 Å². The average molecular weight is 394 g/mol. The zero-order valence-electron chi connectivity index (χ0n) is 15.6. The second kappa shape index (κ2) is 7.43. The van der Waals surface area contributed by atoms with Gasteiger partial charge in [-0.15, -0.1) is 11.3 Å². The maximum Gasteiger partial charge on any atom is 0.223 e. The van der Waals surface area contributed by atoms with Crippen molar-refractivity contribution in [2.45, 2.75) is 31.7 Å². The zero-order chi connectivity index (χ0) is 18.9. The van der Waals surface area contributed by atoms with Gasteiger partial charge < -0.3 is 14.4 Å². The van der Waals surface area contributed by atoms with Gasteiger partial charge in [0.25, 0.3) is 0 Å². The lowest BCUT2D eigenvalue weighted by atomic mass is 10.0. The summed E-state index contributed by atoms with van der Waals surface area (Å²) in [5, 5.41) is 1.03. The van der Waals surface area contributed by atoms with Crippen LogP contribution in [-0.2, 0) is 11.2 Å². The number of para-hydroxylation sites is 1. The number of carbonyl (C=O) groups excluding carboxylic acids is 1. The normalized spacial score (nSPS) is 18.6. The average Bonchev–Trinajstić information content (AvgIpc) is 3.38. The Hall–Kier alpha value is -2.60. The highest BCUT2D eigenvalue weighted by Gasteiger charge is 2.30. The molecule has 6 heteroatoms. The van der Waals surface area contributed by atoms with E-state index in [4.69, 9.17) is 9.47 Å². The van der Waals surface area contributed by atoms with Gasteiger partial charge in [0.15, 0.2) is 11.5 Å². The second-order valence-electron chi connectivity index (χ2n) is 7.22. The Balaban J connectivity index is 1.28. The summed E-state index contributed by atoms with van der Waals surface area (Å²) in [6, 6.07) is 14.3. The van der Waals surface area contributed by atoms with Crippen molar-refractivity contribution in [2.75, 3.05) is 19.8 Å². The third-order valence-corrected chi connectivity index (χ3v) is 6.51. The lowest BCUT2D eigenvalue weighted by molar-refractivity contribution is -0.132. The smallest absolute Gasteiger partial charge is 0.223 e. The molecule has 0 aliphatic carbocycles. The van der Waals surface area contributed by atoms with Gasteiger partial charge in [0.2, 0.25) is 5.91 Å². The molecule has 0 radical (unpaired) electrons. The molecular formula is C22H22N2O3S.